The minimum absolute atomic E-state index is 0.186. The van der Waals surface area contributed by atoms with Gasteiger partial charge in [-0.3, -0.25) is 19.3 Å². The minimum atomic E-state index is -0.945. The van der Waals surface area contributed by atoms with E-state index in [4.69, 9.17) is 0 Å². The lowest BCUT2D eigenvalue weighted by Gasteiger charge is -2.38. The second-order valence-electron chi connectivity index (χ2n) is 11.0. The van der Waals surface area contributed by atoms with Gasteiger partial charge in [-0.15, -0.1) is 0 Å². The molecular weight excluding hydrogens is 490 g/mol. The summed E-state index contributed by atoms with van der Waals surface area (Å²) < 4.78 is 0. The summed E-state index contributed by atoms with van der Waals surface area (Å²) >= 11 is 0. The summed E-state index contributed by atoms with van der Waals surface area (Å²) in [5.74, 6) is -0.456. The third-order valence-corrected chi connectivity index (χ3v) is 7.92. The van der Waals surface area contributed by atoms with E-state index in [1.54, 1.807) is 24.3 Å². The van der Waals surface area contributed by atoms with Gasteiger partial charge in [-0.05, 0) is 55.0 Å². The highest BCUT2D eigenvalue weighted by Gasteiger charge is 2.38. The van der Waals surface area contributed by atoms with E-state index in [9.17, 15) is 19.6 Å². The first kappa shape index (κ1) is 28.3. The van der Waals surface area contributed by atoms with Crippen LogP contribution in [-0.4, -0.2) is 47.3 Å². The molecule has 1 saturated carbocycles. The Hall–Kier alpha value is -3.70. The molecular formula is C31H39N5O3. The van der Waals surface area contributed by atoms with Crippen LogP contribution in [0.1, 0.15) is 74.2 Å². The van der Waals surface area contributed by atoms with Gasteiger partial charge < -0.3 is 16.0 Å². The molecule has 1 aliphatic heterocycles. The molecule has 8 nitrogen and oxygen atoms in total. The highest BCUT2D eigenvalue weighted by Crippen LogP contribution is 2.29. The topological polar surface area (TPSA) is 114 Å². The fraction of sp³-hybridized carbons (Fsp3) is 0.484. The number of hydrogen-bond acceptors (Lipinski definition) is 5. The van der Waals surface area contributed by atoms with Crippen molar-refractivity contribution < 1.29 is 14.4 Å². The van der Waals surface area contributed by atoms with Crippen LogP contribution in [0.4, 0.5) is 5.69 Å². The highest BCUT2D eigenvalue weighted by atomic mass is 16.2. The maximum absolute atomic E-state index is 13.6. The molecule has 2 aromatic carbocycles. The van der Waals surface area contributed by atoms with E-state index in [0.717, 1.165) is 32.2 Å². The summed E-state index contributed by atoms with van der Waals surface area (Å²) in [6.07, 6.45) is 7.20. The molecule has 39 heavy (non-hydrogen) atoms. The number of nitrogens with one attached hydrogen (secondary N) is 3. The molecule has 2 fully saturated rings. The number of amides is 3. The van der Waals surface area contributed by atoms with Crippen molar-refractivity contribution in [2.45, 2.75) is 76.4 Å². The number of hydrogen-bond donors (Lipinski definition) is 3. The Kier molecular flexibility index (Phi) is 9.72. The standard InChI is InChI=1S/C31H39N5O3/c1-23(37)33-27-14-12-26(13-15-27)29(38)34-28(20-24-8-4-2-5-9-24)30(39)35-31(22-32)16-18-36(19-17-31)21-25-10-6-3-7-11-25/h3,6-7,10-15,24,28H,2,4-5,8-9,16-21H2,1H3,(H,33,37)(H,34,38)(H,35,39). The van der Waals surface area contributed by atoms with Crippen LogP contribution in [0.2, 0.25) is 0 Å². The number of nitriles is 1. The van der Waals surface area contributed by atoms with Crippen molar-refractivity contribution in [2.75, 3.05) is 18.4 Å². The molecule has 4 rings (SSSR count). The molecule has 1 aliphatic carbocycles. The zero-order valence-corrected chi connectivity index (χ0v) is 22.7. The minimum Gasteiger partial charge on any atom is -0.340 e. The Labute approximate surface area is 231 Å². The Morgan fingerprint density at radius 2 is 1.67 bits per heavy atom. The van der Waals surface area contributed by atoms with Gasteiger partial charge in [0.05, 0.1) is 6.07 Å². The van der Waals surface area contributed by atoms with Gasteiger partial charge in [0.1, 0.15) is 11.6 Å². The lowest BCUT2D eigenvalue weighted by Crippen LogP contribution is -2.59. The van der Waals surface area contributed by atoms with Crippen LogP contribution < -0.4 is 16.0 Å². The predicted octanol–water partition coefficient (Wildman–Crippen LogP) is 4.39. The van der Waals surface area contributed by atoms with Crippen LogP contribution in [0.3, 0.4) is 0 Å². The van der Waals surface area contributed by atoms with Gasteiger partial charge >= 0.3 is 0 Å². The smallest absolute Gasteiger partial charge is 0.251 e. The van der Waals surface area contributed by atoms with Gasteiger partial charge in [0, 0.05) is 37.8 Å². The van der Waals surface area contributed by atoms with E-state index in [2.05, 4.69) is 39.1 Å². The number of nitrogens with zero attached hydrogens (tertiary/aromatic N) is 2. The summed E-state index contributed by atoms with van der Waals surface area (Å²) in [5, 5.41) is 18.8. The first-order valence-corrected chi connectivity index (χ1v) is 14.0. The molecule has 3 N–H and O–H groups in total. The maximum Gasteiger partial charge on any atom is 0.251 e. The van der Waals surface area contributed by atoms with Crippen molar-refractivity contribution in [1.82, 2.24) is 15.5 Å². The fourth-order valence-corrected chi connectivity index (χ4v) is 5.66. The van der Waals surface area contributed by atoms with Crippen LogP contribution >= 0.6 is 0 Å². The molecule has 0 bridgehead atoms. The number of likely N-dealkylation sites (tertiary alicyclic amines) is 1. The van der Waals surface area contributed by atoms with Crippen molar-refractivity contribution >= 4 is 23.4 Å². The summed E-state index contributed by atoms with van der Waals surface area (Å²) in [7, 11) is 0. The van der Waals surface area contributed by atoms with E-state index in [0.29, 0.717) is 49.5 Å². The van der Waals surface area contributed by atoms with E-state index >= 15 is 0 Å². The molecule has 1 saturated heterocycles. The van der Waals surface area contributed by atoms with Crippen LogP contribution in [-0.2, 0) is 16.1 Å². The summed E-state index contributed by atoms with van der Waals surface area (Å²) in [6, 6.07) is 18.5. The molecule has 1 atom stereocenters. The average molecular weight is 530 g/mol. The molecule has 8 heteroatoms. The third kappa shape index (κ3) is 8.14. The van der Waals surface area contributed by atoms with Gasteiger partial charge in [-0.1, -0.05) is 62.4 Å². The second kappa shape index (κ2) is 13.4. The van der Waals surface area contributed by atoms with E-state index in [1.165, 1.54) is 18.9 Å². The Balaban J connectivity index is 1.41. The first-order valence-electron chi connectivity index (χ1n) is 14.0. The quantitative estimate of drug-likeness (QED) is 0.446. The predicted molar refractivity (Wildman–Crippen MR) is 151 cm³/mol. The van der Waals surface area contributed by atoms with Crippen molar-refractivity contribution in [2.24, 2.45) is 5.92 Å². The number of carbonyl (C=O) groups is 3. The van der Waals surface area contributed by atoms with E-state index in [-0.39, 0.29) is 17.7 Å². The van der Waals surface area contributed by atoms with Crippen molar-refractivity contribution in [1.29, 1.82) is 5.26 Å². The van der Waals surface area contributed by atoms with Crippen LogP contribution in [0, 0.1) is 17.2 Å². The number of benzene rings is 2. The number of rotatable bonds is 9. The number of carbonyl (C=O) groups excluding carboxylic acids is 3. The van der Waals surface area contributed by atoms with Crippen LogP contribution in [0.5, 0.6) is 0 Å². The molecule has 1 unspecified atom stereocenters. The van der Waals surface area contributed by atoms with Crippen molar-refractivity contribution in [3.8, 4) is 6.07 Å². The second-order valence-corrected chi connectivity index (χ2v) is 11.0. The molecule has 2 aliphatic rings. The molecule has 1 heterocycles. The summed E-state index contributed by atoms with van der Waals surface area (Å²) in [6.45, 7) is 3.67. The summed E-state index contributed by atoms with van der Waals surface area (Å²) in [5.41, 5.74) is 1.30. The van der Waals surface area contributed by atoms with Gasteiger partial charge in [0.25, 0.3) is 5.91 Å². The third-order valence-electron chi connectivity index (χ3n) is 7.92. The molecule has 3 amide bonds. The van der Waals surface area contributed by atoms with Crippen LogP contribution in [0.25, 0.3) is 0 Å². The molecule has 0 spiro atoms. The zero-order valence-electron chi connectivity index (χ0n) is 22.7. The van der Waals surface area contributed by atoms with Gasteiger partial charge in [0.2, 0.25) is 11.8 Å². The number of anilines is 1. The monoisotopic (exact) mass is 529 g/mol. The van der Waals surface area contributed by atoms with Gasteiger partial charge in [0.15, 0.2) is 0 Å². The van der Waals surface area contributed by atoms with Gasteiger partial charge in [-0.25, -0.2) is 0 Å². The lowest BCUT2D eigenvalue weighted by molar-refractivity contribution is -0.125. The Morgan fingerprint density at radius 1 is 1.00 bits per heavy atom. The Morgan fingerprint density at radius 3 is 2.28 bits per heavy atom. The molecule has 0 aromatic heterocycles. The highest BCUT2D eigenvalue weighted by molar-refractivity contribution is 5.98. The Bertz CT molecular complexity index is 1160. The molecule has 206 valence electrons. The van der Waals surface area contributed by atoms with E-state index in [1.807, 2.05) is 18.2 Å². The zero-order chi connectivity index (χ0) is 27.7. The van der Waals surface area contributed by atoms with Crippen molar-refractivity contribution in [3.05, 3.63) is 65.7 Å². The average Bonchev–Trinajstić information content (AvgIpc) is 2.95. The molecule has 2 aromatic rings. The summed E-state index contributed by atoms with van der Waals surface area (Å²) in [4.78, 5) is 40.4. The SMILES string of the molecule is CC(=O)Nc1ccc(C(=O)NC(CC2CCCCC2)C(=O)NC2(C#N)CCN(Cc3ccccc3)CC2)cc1. The normalized spacial score (nSPS) is 18.4. The van der Waals surface area contributed by atoms with Crippen LogP contribution in [0.15, 0.2) is 54.6 Å². The number of piperidine rings is 1. The largest absolute Gasteiger partial charge is 0.340 e. The maximum atomic E-state index is 13.6. The van der Waals surface area contributed by atoms with E-state index < -0.39 is 11.6 Å². The lowest BCUT2D eigenvalue weighted by atomic mass is 9.83. The van der Waals surface area contributed by atoms with Gasteiger partial charge in [-0.2, -0.15) is 5.26 Å². The fourth-order valence-electron chi connectivity index (χ4n) is 5.66. The first-order chi connectivity index (χ1) is 18.9. The van der Waals surface area contributed by atoms with Crippen molar-refractivity contribution in [3.63, 3.8) is 0 Å². The molecule has 0 radical (unpaired) electrons.